The summed E-state index contributed by atoms with van der Waals surface area (Å²) in [7, 11) is 3.20. The third-order valence-corrected chi connectivity index (χ3v) is 4.11. The average molecular weight is 306 g/mol. The van der Waals surface area contributed by atoms with Gasteiger partial charge < -0.3 is 20.1 Å². The van der Waals surface area contributed by atoms with Gasteiger partial charge >= 0.3 is 0 Å². The van der Waals surface area contributed by atoms with E-state index in [1.165, 1.54) is 19.3 Å². The predicted molar refractivity (Wildman–Crippen MR) is 87.6 cm³/mol. The first-order chi connectivity index (χ1) is 10.6. The Bertz CT molecular complexity index is 499. The minimum Gasteiger partial charge on any atom is -0.493 e. The van der Waals surface area contributed by atoms with Gasteiger partial charge in [0.1, 0.15) is 6.04 Å². The zero-order valence-corrected chi connectivity index (χ0v) is 13.6. The Morgan fingerprint density at radius 3 is 2.45 bits per heavy atom. The van der Waals surface area contributed by atoms with Crippen LogP contribution in [0.1, 0.15) is 39.0 Å². The molecule has 0 aromatic heterocycles. The monoisotopic (exact) mass is 306 g/mol. The van der Waals surface area contributed by atoms with Gasteiger partial charge in [0.05, 0.1) is 14.2 Å². The molecule has 1 saturated carbocycles. The van der Waals surface area contributed by atoms with Gasteiger partial charge in [-0.15, -0.1) is 0 Å². The fourth-order valence-corrected chi connectivity index (χ4v) is 2.81. The van der Waals surface area contributed by atoms with E-state index in [1.54, 1.807) is 14.2 Å². The molecule has 0 heterocycles. The molecule has 1 aromatic carbocycles. The minimum atomic E-state index is -0.292. The van der Waals surface area contributed by atoms with Gasteiger partial charge in [-0.2, -0.15) is 0 Å². The van der Waals surface area contributed by atoms with Gasteiger partial charge in [-0.05, 0) is 31.9 Å². The van der Waals surface area contributed by atoms with Crippen LogP contribution in [0.5, 0.6) is 11.5 Å². The Morgan fingerprint density at radius 2 is 1.82 bits per heavy atom. The summed E-state index contributed by atoms with van der Waals surface area (Å²) in [5.41, 5.74) is 0.837. The molecule has 1 fully saturated rings. The molecule has 22 heavy (non-hydrogen) atoms. The maximum Gasteiger partial charge on any atom is 0.242 e. The molecule has 0 spiro atoms. The molecule has 1 atom stereocenters. The highest BCUT2D eigenvalue weighted by atomic mass is 16.5. The van der Waals surface area contributed by atoms with Gasteiger partial charge in [-0.3, -0.25) is 4.79 Å². The summed E-state index contributed by atoms with van der Waals surface area (Å²) in [6, 6.07) is 5.58. The SMILES string of the molecule is COc1ccc(N[C@@H](C)C(=O)NC2CCCCC2)cc1OC. The molecule has 1 aromatic rings. The molecule has 5 nitrogen and oxygen atoms in total. The van der Waals surface area contributed by atoms with Crippen molar-refractivity contribution in [3.05, 3.63) is 18.2 Å². The number of anilines is 1. The first-order valence-corrected chi connectivity index (χ1v) is 7.93. The van der Waals surface area contributed by atoms with E-state index in [0.717, 1.165) is 18.5 Å². The molecule has 2 rings (SSSR count). The molecule has 1 aliphatic rings. The number of ether oxygens (including phenoxy) is 2. The summed E-state index contributed by atoms with van der Waals surface area (Å²) in [6.45, 7) is 1.87. The zero-order valence-electron chi connectivity index (χ0n) is 13.6. The van der Waals surface area contributed by atoms with Crippen LogP contribution < -0.4 is 20.1 Å². The van der Waals surface area contributed by atoms with Gasteiger partial charge in [0, 0.05) is 17.8 Å². The predicted octanol–water partition coefficient (Wildman–Crippen LogP) is 2.95. The van der Waals surface area contributed by atoms with Crippen molar-refractivity contribution in [2.75, 3.05) is 19.5 Å². The summed E-state index contributed by atoms with van der Waals surface area (Å²) in [5, 5.41) is 6.34. The number of rotatable bonds is 6. The van der Waals surface area contributed by atoms with Crippen LogP contribution in [0.15, 0.2) is 18.2 Å². The fourth-order valence-electron chi connectivity index (χ4n) is 2.81. The molecule has 0 bridgehead atoms. The second kappa shape index (κ2) is 7.92. The van der Waals surface area contributed by atoms with E-state index in [1.807, 2.05) is 25.1 Å². The van der Waals surface area contributed by atoms with Crippen molar-refractivity contribution < 1.29 is 14.3 Å². The van der Waals surface area contributed by atoms with Gasteiger partial charge in [0.25, 0.3) is 0 Å². The number of carbonyl (C=O) groups excluding carboxylic acids is 1. The maximum atomic E-state index is 12.3. The van der Waals surface area contributed by atoms with E-state index in [2.05, 4.69) is 10.6 Å². The van der Waals surface area contributed by atoms with E-state index in [0.29, 0.717) is 17.5 Å². The maximum absolute atomic E-state index is 12.3. The Labute approximate surface area is 132 Å². The van der Waals surface area contributed by atoms with E-state index in [9.17, 15) is 4.79 Å². The topological polar surface area (TPSA) is 59.6 Å². The normalized spacial score (nSPS) is 16.7. The first kappa shape index (κ1) is 16.5. The molecule has 2 N–H and O–H groups in total. The summed E-state index contributed by atoms with van der Waals surface area (Å²) in [5.74, 6) is 1.36. The summed E-state index contributed by atoms with van der Waals surface area (Å²) < 4.78 is 10.5. The molecule has 5 heteroatoms. The van der Waals surface area contributed by atoms with Crippen molar-refractivity contribution in [1.82, 2.24) is 5.32 Å². The van der Waals surface area contributed by atoms with Crippen LogP contribution in [0.3, 0.4) is 0 Å². The lowest BCUT2D eigenvalue weighted by molar-refractivity contribution is -0.122. The average Bonchev–Trinajstić information content (AvgIpc) is 2.55. The van der Waals surface area contributed by atoms with Crippen LogP contribution >= 0.6 is 0 Å². The van der Waals surface area contributed by atoms with Crippen LogP contribution in [0.2, 0.25) is 0 Å². The van der Waals surface area contributed by atoms with Crippen molar-refractivity contribution in [3.63, 3.8) is 0 Å². The molecule has 0 radical (unpaired) electrons. The number of hydrogen-bond acceptors (Lipinski definition) is 4. The smallest absolute Gasteiger partial charge is 0.242 e. The van der Waals surface area contributed by atoms with E-state index < -0.39 is 0 Å². The minimum absolute atomic E-state index is 0.0432. The van der Waals surface area contributed by atoms with Crippen molar-refractivity contribution >= 4 is 11.6 Å². The summed E-state index contributed by atoms with van der Waals surface area (Å²) >= 11 is 0. The Morgan fingerprint density at radius 1 is 1.14 bits per heavy atom. The van der Waals surface area contributed by atoms with Crippen molar-refractivity contribution in [2.24, 2.45) is 0 Å². The number of hydrogen-bond donors (Lipinski definition) is 2. The second-order valence-corrected chi connectivity index (χ2v) is 5.78. The van der Waals surface area contributed by atoms with Gasteiger partial charge in [0.2, 0.25) is 5.91 Å². The van der Waals surface area contributed by atoms with Crippen molar-refractivity contribution in [2.45, 2.75) is 51.1 Å². The zero-order chi connectivity index (χ0) is 15.9. The first-order valence-electron chi connectivity index (χ1n) is 7.93. The molecule has 0 aliphatic heterocycles. The highest BCUT2D eigenvalue weighted by Crippen LogP contribution is 2.30. The lowest BCUT2D eigenvalue weighted by Crippen LogP contribution is -2.43. The Balaban J connectivity index is 1.92. The number of amides is 1. The van der Waals surface area contributed by atoms with Crippen LogP contribution in [0.4, 0.5) is 5.69 Å². The number of nitrogens with one attached hydrogen (secondary N) is 2. The molecule has 1 amide bonds. The van der Waals surface area contributed by atoms with Gasteiger partial charge in [-0.1, -0.05) is 19.3 Å². The number of carbonyl (C=O) groups is 1. The molecule has 122 valence electrons. The second-order valence-electron chi connectivity index (χ2n) is 5.78. The summed E-state index contributed by atoms with van der Waals surface area (Å²) in [4.78, 5) is 12.3. The Kier molecular flexibility index (Phi) is 5.92. The number of methoxy groups -OCH3 is 2. The van der Waals surface area contributed by atoms with E-state index >= 15 is 0 Å². The van der Waals surface area contributed by atoms with E-state index in [-0.39, 0.29) is 11.9 Å². The summed E-state index contributed by atoms with van der Waals surface area (Å²) in [6.07, 6.45) is 5.89. The quantitative estimate of drug-likeness (QED) is 0.848. The van der Waals surface area contributed by atoms with Crippen molar-refractivity contribution in [1.29, 1.82) is 0 Å². The molecular formula is C17H26N2O3. The molecule has 1 aliphatic carbocycles. The van der Waals surface area contributed by atoms with Crippen molar-refractivity contribution in [3.8, 4) is 11.5 Å². The van der Waals surface area contributed by atoms with Crippen LogP contribution in [0, 0.1) is 0 Å². The van der Waals surface area contributed by atoms with Crippen LogP contribution in [-0.4, -0.2) is 32.2 Å². The number of benzene rings is 1. The molecule has 0 unspecified atom stereocenters. The molecular weight excluding hydrogens is 280 g/mol. The van der Waals surface area contributed by atoms with E-state index in [4.69, 9.17) is 9.47 Å². The largest absolute Gasteiger partial charge is 0.493 e. The lowest BCUT2D eigenvalue weighted by Gasteiger charge is -2.25. The Hall–Kier alpha value is -1.91. The third-order valence-electron chi connectivity index (χ3n) is 4.11. The molecule has 0 saturated heterocycles. The third kappa shape index (κ3) is 4.29. The van der Waals surface area contributed by atoms with Crippen LogP contribution in [0.25, 0.3) is 0 Å². The standard InChI is InChI=1S/C17H26N2O3/c1-12(17(20)19-13-7-5-4-6-8-13)18-14-9-10-15(21-2)16(11-14)22-3/h9-13,18H,4-8H2,1-3H3,(H,19,20)/t12-/m0/s1. The fraction of sp³-hybridized carbons (Fsp3) is 0.588. The lowest BCUT2D eigenvalue weighted by atomic mass is 9.95. The van der Waals surface area contributed by atoms with Gasteiger partial charge in [0.15, 0.2) is 11.5 Å². The van der Waals surface area contributed by atoms with Crippen LogP contribution in [-0.2, 0) is 4.79 Å². The highest BCUT2D eigenvalue weighted by Gasteiger charge is 2.19. The van der Waals surface area contributed by atoms with Gasteiger partial charge in [-0.25, -0.2) is 0 Å². The highest BCUT2D eigenvalue weighted by molar-refractivity contribution is 5.84.